The van der Waals surface area contributed by atoms with Crippen LogP contribution in [-0.4, -0.2) is 42.2 Å². The number of fused-ring (bicyclic) bond motifs is 1. The van der Waals surface area contributed by atoms with Crippen molar-refractivity contribution in [2.45, 2.75) is 50.2 Å². The van der Waals surface area contributed by atoms with Gasteiger partial charge in [0.15, 0.2) is 0 Å². The zero-order valence-corrected chi connectivity index (χ0v) is 16.4. The molecule has 0 aliphatic heterocycles. The van der Waals surface area contributed by atoms with Crippen LogP contribution in [-0.2, 0) is 14.3 Å². The van der Waals surface area contributed by atoms with Crippen molar-refractivity contribution >= 4 is 16.9 Å². The summed E-state index contributed by atoms with van der Waals surface area (Å²) in [7, 11) is 3.27. The van der Waals surface area contributed by atoms with Crippen molar-refractivity contribution in [3.05, 3.63) is 53.6 Å². The molecule has 0 radical (unpaired) electrons. The third-order valence-electron chi connectivity index (χ3n) is 5.72. The number of ether oxygens (including phenoxy) is 2. The highest BCUT2D eigenvalue weighted by molar-refractivity contribution is 5.96. The van der Waals surface area contributed by atoms with Crippen LogP contribution in [0.5, 0.6) is 0 Å². The van der Waals surface area contributed by atoms with E-state index in [1.165, 1.54) is 0 Å². The van der Waals surface area contributed by atoms with Gasteiger partial charge in [-0.3, -0.25) is 4.79 Å². The van der Waals surface area contributed by atoms with Gasteiger partial charge in [-0.25, -0.2) is 4.98 Å². The number of imidazole rings is 1. The molecule has 1 aromatic carbocycles. The van der Waals surface area contributed by atoms with Crippen LogP contribution in [0.2, 0.25) is 0 Å². The quantitative estimate of drug-likeness (QED) is 0.830. The summed E-state index contributed by atoms with van der Waals surface area (Å²) in [5, 5.41) is 3.21. The molecule has 0 saturated heterocycles. The average Bonchev–Trinajstić information content (AvgIpc) is 3.18. The molecular weight excluding hydrogens is 354 g/mol. The molecule has 6 nitrogen and oxygen atoms in total. The number of rotatable bonds is 5. The Morgan fingerprint density at radius 2 is 2.11 bits per heavy atom. The third-order valence-corrected chi connectivity index (χ3v) is 5.72. The minimum Gasteiger partial charge on any atom is -0.501 e. The van der Waals surface area contributed by atoms with Gasteiger partial charge in [-0.2, -0.15) is 0 Å². The number of hydrogen-bond donors (Lipinski definition) is 2. The van der Waals surface area contributed by atoms with Crippen LogP contribution in [0.25, 0.3) is 11.0 Å². The van der Waals surface area contributed by atoms with E-state index < -0.39 is 0 Å². The fourth-order valence-electron chi connectivity index (χ4n) is 4.18. The van der Waals surface area contributed by atoms with Crippen molar-refractivity contribution in [1.29, 1.82) is 0 Å². The summed E-state index contributed by atoms with van der Waals surface area (Å²) in [5.41, 5.74) is 2.68. The number of H-pyrrole nitrogens is 1. The van der Waals surface area contributed by atoms with E-state index in [2.05, 4.69) is 16.4 Å². The summed E-state index contributed by atoms with van der Waals surface area (Å²) in [6.07, 6.45) is 8.26. The maximum Gasteiger partial charge on any atom is 0.251 e. The number of benzene rings is 1. The lowest BCUT2D eigenvalue weighted by atomic mass is 9.85. The Morgan fingerprint density at radius 3 is 2.89 bits per heavy atom. The zero-order valence-electron chi connectivity index (χ0n) is 16.4. The predicted molar refractivity (Wildman–Crippen MR) is 108 cm³/mol. The van der Waals surface area contributed by atoms with Gasteiger partial charge in [-0.05, 0) is 43.5 Å². The molecule has 0 spiro atoms. The van der Waals surface area contributed by atoms with Gasteiger partial charge in [0, 0.05) is 31.1 Å². The highest BCUT2D eigenvalue weighted by atomic mass is 16.5. The van der Waals surface area contributed by atoms with Crippen LogP contribution < -0.4 is 5.32 Å². The van der Waals surface area contributed by atoms with Crippen molar-refractivity contribution in [3.63, 3.8) is 0 Å². The van der Waals surface area contributed by atoms with E-state index in [0.29, 0.717) is 17.9 Å². The number of hydrogen-bond acceptors (Lipinski definition) is 4. The molecular formula is C22H27N3O3. The number of nitrogens with zero attached hydrogens (tertiary/aromatic N) is 1. The van der Waals surface area contributed by atoms with Crippen LogP contribution >= 0.6 is 0 Å². The minimum atomic E-state index is -0.129. The summed E-state index contributed by atoms with van der Waals surface area (Å²) in [5.74, 6) is 2.07. The van der Waals surface area contributed by atoms with Crippen molar-refractivity contribution in [2.24, 2.45) is 0 Å². The van der Waals surface area contributed by atoms with Gasteiger partial charge < -0.3 is 19.8 Å². The summed E-state index contributed by atoms with van der Waals surface area (Å²) in [4.78, 5) is 21.0. The van der Waals surface area contributed by atoms with Crippen molar-refractivity contribution in [3.8, 4) is 0 Å². The van der Waals surface area contributed by atoms with Gasteiger partial charge in [0.1, 0.15) is 5.82 Å². The third kappa shape index (κ3) is 3.97. The van der Waals surface area contributed by atoms with Crippen molar-refractivity contribution < 1.29 is 14.3 Å². The average molecular weight is 381 g/mol. The lowest BCUT2D eigenvalue weighted by Gasteiger charge is -2.29. The summed E-state index contributed by atoms with van der Waals surface area (Å²) < 4.78 is 10.8. The Balaban J connectivity index is 1.44. The molecule has 1 fully saturated rings. The Kier molecular flexibility index (Phi) is 5.48. The molecule has 3 atom stereocenters. The maximum absolute atomic E-state index is 12.8. The number of aromatic amines is 1. The second-order valence-corrected chi connectivity index (χ2v) is 7.59. The van der Waals surface area contributed by atoms with Crippen LogP contribution in [0.4, 0.5) is 0 Å². The highest BCUT2D eigenvalue weighted by Crippen LogP contribution is 2.32. The topological polar surface area (TPSA) is 76.2 Å². The second kappa shape index (κ2) is 8.19. The van der Waals surface area contributed by atoms with E-state index in [1.807, 2.05) is 30.4 Å². The second-order valence-electron chi connectivity index (χ2n) is 7.59. The maximum atomic E-state index is 12.8. The molecule has 1 amide bonds. The molecule has 0 bridgehead atoms. The molecule has 6 heteroatoms. The standard InChI is InChI=1S/C22H27N3O3/c1-27-17-11-15(12-18(13-17)28-2)22(26)23-16-7-5-6-14(10-16)21-24-19-8-3-4-9-20(19)25-21/h3-4,8-9,11-12,14,16-17H,5-7,10,13H2,1-2H3,(H,23,26)(H,24,25)/t14-,16+,17?/m0/s1. The first kappa shape index (κ1) is 18.7. The Morgan fingerprint density at radius 1 is 1.25 bits per heavy atom. The van der Waals surface area contributed by atoms with Gasteiger partial charge in [-0.15, -0.1) is 0 Å². The molecule has 148 valence electrons. The fraction of sp³-hybridized carbons (Fsp3) is 0.455. The molecule has 2 aliphatic carbocycles. The largest absolute Gasteiger partial charge is 0.501 e. The molecule has 2 aliphatic rings. The number of carbonyl (C=O) groups excluding carboxylic acids is 1. The highest BCUT2D eigenvalue weighted by Gasteiger charge is 2.28. The lowest BCUT2D eigenvalue weighted by Crippen LogP contribution is -2.39. The van der Waals surface area contributed by atoms with E-state index in [9.17, 15) is 4.79 Å². The number of nitrogens with one attached hydrogen (secondary N) is 2. The first-order valence-corrected chi connectivity index (χ1v) is 9.91. The Hall–Kier alpha value is -2.60. The molecule has 1 heterocycles. The lowest BCUT2D eigenvalue weighted by molar-refractivity contribution is -0.118. The van der Waals surface area contributed by atoms with E-state index in [4.69, 9.17) is 14.5 Å². The van der Waals surface area contributed by atoms with Crippen molar-refractivity contribution in [1.82, 2.24) is 15.3 Å². The van der Waals surface area contributed by atoms with Crippen LogP contribution in [0.1, 0.15) is 43.8 Å². The first-order chi connectivity index (χ1) is 13.7. The minimum absolute atomic E-state index is 0.0634. The molecule has 1 unspecified atom stereocenters. The van der Waals surface area contributed by atoms with Crippen LogP contribution in [0, 0.1) is 0 Å². The monoisotopic (exact) mass is 381 g/mol. The van der Waals surface area contributed by atoms with Gasteiger partial charge in [0.2, 0.25) is 0 Å². The number of para-hydroxylation sites is 2. The van der Waals surface area contributed by atoms with Gasteiger partial charge in [-0.1, -0.05) is 18.6 Å². The number of carbonyl (C=O) groups is 1. The molecule has 4 rings (SSSR count). The van der Waals surface area contributed by atoms with Gasteiger partial charge >= 0.3 is 0 Å². The van der Waals surface area contributed by atoms with E-state index in [0.717, 1.165) is 48.3 Å². The Bertz CT molecular complexity index is 882. The van der Waals surface area contributed by atoms with E-state index >= 15 is 0 Å². The SMILES string of the molecule is COC1=CC(C(=O)N[C@@H]2CCC[C@H](c3nc4ccccc4[nH]3)C2)=CC(OC)C1. The molecule has 28 heavy (non-hydrogen) atoms. The first-order valence-electron chi connectivity index (χ1n) is 9.91. The smallest absolute Gasteiger partial charge is 0.251 e. The Labute approximate surface area is 165 Å². The predicted octanol–water partition coefficient (Wildman–Crippen LogP) is 3.58. The number of amides is 1. The molecule has 2 aromatic rings. The molecule has 2 N–H and O–H groups in total. The van der Waals surface area contributed by atoms with Crippen LogP contribution in [0.15, 0.2) is 47.7 Å². The summed E-state index contributed by atoms with van der Waals surface area (Å²) in [6.45, 7) is 0. The van der Waals surface area contributed by atoms with E-state index in [1.54, 1.807) is 14.2 Å². The van der Waals surface area contributed by atoms with Gasteiger partial charge in [0.25, 0.3) is 5.91 Å². The summed E-state index contributed by atoms with van der Waals surface area (Å²) >= 11 is 0. The van der Waals surface area contributed by atoms with Gasteiger partial charge in [0.05, 0.1) is 30.0 Å². The zero-order chi connectivity index (χ0) is 19.5. The molecule has 1 saturated carbocycles. The van der Waals surface area contributed by atoms with Crippen molar-refractivity contribution in [2.75, 3.05) is 14.2 Å². The number of aromatic nitrogens is 2. The fourth-order valence-corrected chi connectivity index (χ4v) is 4.18. The summed E-state index contributed by atoms with van der Waals surface area (Å²) in [6, 6.07) is 8.24. The van der Waals surface area contributed by atoms with Crippen LogP contribution in [0.3, 0.4) is 0 Å². The van der Waals surface area contributed by atoms with E-state index in [-0.39, 0.29) is 18.1 Å². The molecule has 1 aromatic heterocycles. The number of methoxy groups -OCH3 is 2. The normalized spacial score (nSPS) is 25.1.